The predicted molar refractivity (Wildman–Crippen MR) is 68.6 cm³/mol. The van der Waals surface area contributed by atoms with Crippen LogP contribution >= 0.6 is 0 Å². The van der Waals surface area contributed by atoms with Crippen molar-refractivity contribution < 1.29 is 15.0 Å². The molecule has 18 heavy (non-hydrogen) atoms. The summed E-state index contributed by atoms with van der Waals surface area (Å²) in [5.74, 6) is -0.455. The van der Waals surface area contributed by atoms with Crippen LogP contribution in [0.5, 0.6) is 5.75 Å². The molecule has 4 nitrogen and oxygen atoms in total. The van der Waals surface area contributed by atoms with Crippen LogP contribution in [0.4, 0.5) is 0 Å². The van der Waals surface area contributed by atoms with Gasteiger partial charge in [0, 0.05) is 12.6 Å². The summed E-state index contributed by atoms with van der Waals surface area (Å²) in [5.41, 5.74) is 2.75. The molecule has 0 amide bonds. The van der Waals surface area contributed by atoms with Crippen LogP contribution in [-0.4, -0.2) is 33.7 Å². The highest BCUT2D eigenvalue weighted by Crippen LogP contribution is 2.29. The number of nitrogens with zero attached hydrogens (tertiary/aromatic N) is 1. The van der Waals surface area contributed by atoms with Crippen molar-refractivity contribution in [2.75, 3.05) is 6.54 Å². The highest BCUT2D eigenvalue weighted by atomic mass is 16.4. The van der Waals surface area contributed by atoms with Gasteiger partial charge in [-0.05, 0) is 43.4 Å². The Morgan fingerprint density at radius 3 is 2.33 bits per heavy atom. The van der Waals surface area contributed by atoms with Crippen molar-refractivity contribution >= 4 is 5.97 Å². The Labute approximate surface area is 107 Å². The van der Waals surface area contributed by atoms with Crippen LogP contribution in [0.25, 0.3) is 0 Å². The number of hydrogen-bond acceptors (Lipinski definition) is 3. The van der Waals surface area contributed by atoms with E-state index in [1.807, 2.05) is 30.9 Å². The lowest BCUT2D eigenvalue weighted by molar-refractivity contribution is -0.138. The van der Waals surface area contributed by atoms with E-state index in [1.165, 1.54) is 0 Å². The second-order valence-electron chi connectivity index (χ2n) is 5.11. The van der Waals surface area contributed by atoms with Gasteiger partial charge < -0.3 is 10.2 Å². The zero-order chi connectivity index (χ0) is 13.3. The van der Waals surface area contributed by atoms with Crippen LogP contribution in [0.3, 0.4) is 0 Å². The maximum absolute atomic E-state index is 10.8. The number of rotatable bonds is 5. The number of phenolic OH excluding ortho intramolecular Hbond substituents is 1. The van der Waals surface area contributed by atoms with Crippen molar-refractivity contribution in [3.8, 4) is 5.75 Å². The normalized spacial score (nSPS) is 15.1. The summed E-state index contributed by atoms with van der Waals surface area (Å²) >= 11 is 0. The summed E-state index contributed by atoms with van der Waals surface area (Å²) in [7, 11) is 0. The molecule has 1 aliphatic carbocycles. The van der Waals surface area contributed by atoms with E-state index < -0.39 is 5.97 Å². The van der Waals surface area contributed by atoms with Crippen LogP contribution < -0.4 is 0 Å². The van der Waals surface area contributed by atoms with Crippen molar-refractivity contribution in [3.05, 3.63) is 28.8 Å². The van der Waals surface area contributed by atoms with Gasteiger partial charge in [0.2, 0.25) is 0 Å². The Kier molecular flexibility index (Phi) is 3.57. The zero-order valence-electron chi connectivity index (χ0n) is 10.8. The number of carboxylic acids is 1. The van der Waals surface area contributed by atoms with Gasteiger partial charge in [-0.15, -0.1) is 0 Å². The molecule has 0 heterocycles. The molecule has 1 aromatic rings. The Balaban J connectivity index is 2.13. The minimum atomic E-state index is -0.783. The standard InChI is InChI=1S/C14H19NO3/c1-9-5-11(6-10(2)14(9)18)7-15(8-13(16)17)12-3-4-12/h5-6,12,18H,3-4,7-8H2,1-2H3,(H,16,17). The number of phenols is 1. The lowest BCUT2D eigenvalue weighted by Crippen LogP contribution is -2.31. The predicted octanol–water partition coefficient (Wildman–Crippen LogP) is 2.06. The number of aliphatic carboxylic acids is 1. The molecule has 98 valence electrons. The molecular weight excluding hydrogens is 230 g/mol. The number of benzene rings is 1. The van der Waals surface area contributed by atoms with E-state index in [1.54, 1.807) is 0 Å². The first-order chi connectivity index (χ1) is 8.47. The molecule has 2 rings (SSSR count). The van der Waals surface area contributed by atoms with Gasteiger partial charge in [-0.3, -0.25) is 9.69 Å². The smallest absolute Gasteiger partial charge is 0.317 e. The molecule has 0 aliphatic heterocycles. The average Bonchev–Trinajstić information content (AvgIpc) is 3.08. The van der Waals surface area contributed by atoms with Gasteiger partial charge in [0.05, 0.1) is 6.54 Å². The topological polar surface area (TPSA) is 60.8 Å². The summed E-state index contributed by atoms with van der Waals surface area (Å²) < 4.78 is 0. The molecule has 0 aromatic heterocycles. The van der Waals surface area contributed by atoms with E-state index in [9.17, 15) is 9.90 Å². The third kappa shape index (κ3) is 3.01. The van der Waals surface area contributed by atoms with E-state index in [2.05, 4.69) is 0 Å². The van der Waals surface area contributed by atoms with Crippen LogP contribution in [0.2, 0.25) is 0 Å². The number of hydrogen-bond donors (Lipinski definition) is 2. The van der Waals surface area contributed by atoms with Crippen molar-refractivity contribution in [2.24, 2.45) is 0 Å². The van der Waals surface area contributed by atoms with Gasteiger partial charge in [-0.25, -0.2) is 0 Å². The first kappa shape index (κ1) is 12.9. The fourth-order valence-corrected chi connectivity index (χ4v) is 2.30. The van der Waals surface area contributed by atoms with Gasteiger partial charge in [-0.2, -0.15) is 0 Å². The molecule has 0 atom stereocenters. The molecule has 0 spiro atoms. The molecule has 1 aliphatic rings. The maximum Gasteiger partial charge on any atom is 0.317 e. The highest BCUT2D eigenvalue weighted by Gasteiger charge is 2.30. The Bertz CT molecular complexity index is 443. The Morgan fingerprint density at radius 1 is 1.33 bits per heavy atom. The Hall–Kier alpha value is -1.55. The number of aromatic hydroxyl groups is 1. The molecular formula is C14H19NO3. The fraction of sp³-hybridized carbons (Fsp3) is 0.500. The third-order valence-corrected chi connectivity index (χ3v) is 3.34. The van der Waals surface area contributed by atoms with Gasteiger partial charge in [0.15, 0.2) is 0 Å². The fourth-order valence-electron chi connectivity index (χ4n) is 2.30. The average molecular weight is 249 g/mol. The van der Waals surface area contributed by atoms with E-state index in [4.69, 9.17) is 5.11 Å². The van der Waals surface area contributed by atoms with Gasteiger partial charge in [0.1, 0.15) is 5.75 Å². The van der Waals surface area contributed by atoms with Gasteiger partial charge in [0.25, 0.3) is 0 Å². The van der Waals surface area contributed by atoms with Crippen molar-refractivity contribution in [1.82, 2.24) is 4.90 Å². The minimum absolute atomic E-state index is 0.0869. The van der Waals surface area contributed by atoms with Gasteiger partial charge >= 0.3 is 5.97 Å². The Morgan fingerprint density at radius 2 is 1.89 bits per heavy atom. The van der Waals surface area contributed by atoms with E-state index in [-0.39, 0.29) is 6.54 Å². The molecule has 4 heteroatoms. The summed E-state index contributed by atoms with van der Waals surface area (Å²) in [5, 5.41) is 18.6. The number of aryl methyl sites for hydroxylation is 2. The van der Waals surface area contributed by atoms with E-state index in [0.29, 0.717) is 18.3 Å². The quantitative estimate of drug-likeness (QED) is 0.838. The van der Waals surface area contributed by atoms with E-state index in [0.717, 1.165) is 29.5 Å². The maximum atomic E-state index is 10.8. The zero-order valence-corrected chi connectivity index (χ0v) is 10.8. The van der Waals surface area contributed by atoms with Crippen LogP contribution in [0, 0.1) is 13.8 Å². The SMILES string of the molecule is Cc1cc(CN(CC(=O)O)C2CC2)cc(C)c1O. The second-order valence-corrected chi connectivity index (χ2v) is 5.11. The highest BCUT2D eigenvalue weighted by molar-refractivity contribution is 5.69. The van der Waals surface area contributed by atoms with Crippen molar-refractivity contribution in [3.63, 3.8) is 0 Å². The molecule has 0 saturated heterocycles. The first-order valence-electron chi connectivity index (χ1n) is 6.22. The molecule has 0 radical (unpaired) electrons. The number of carbonyl (C=O) groups is 1. The number of carboxylic acid groups (broad SMARTS) is 1. The summed E-state index contributed by atoms with van der Waals surface area (Å²) in [6.07, 6.45) is 2.17. The monoisotopic (exact) mass is 249 g/mol. The minimum Gasteiger partial charge on any atom is -0.507 e. The second kappa shape index (κ2) is 4.98. The summed E-state index contributed by atoms with van der Waals surface area (Å²) in [4.78, 5) is 12.8. The summed E-state index contributed by atoms with van der Waals surface area (Å²) in [6.45, 7) is 4.46. The molecule has 1 fully saturated rings. The third-order valence-electron chi connectivity index (χ3n) is 3.34. The molecule has 2 N–H and O–H groups in total. The lowest BCUT2D eigenvalue weighted by atomic mass is 10.1. The molecule has 0 unspecified atom stereocenters. The largest absolute Gasteiger partial charge is 0.507 e. The lowest BCUT2D eigenvalue weighted by Gasteiger charge is -2.20. The van der Waals surface area contributed by atoms with Crippen LogP contribution in [0.15, 0.2) is 12.1 Å². The van der Waals surface area contributed by atoms with E-state index >= 15 is 0 Å². The van der Waals surface area contributed by atoms with Gasteiger partial charge in [-0.1, -0.05) is 12.1 Å². The summed E-state index contributed by atoms with van der Waals surface area (Å²) in [6, 6.07) is 4.27. The van der Waals surface area contributed by atoms with Crippen LogP contribution in [0.1, 0.15) is 29.5 Å². The molecule has 0 bridgehead atoms. The first-order valence-corrected chi connectivity index (χ1v) is 6.22. The molecule has 1 aromatic carbocycles. The van der Waals surface area contributed by atoms with Crippen molar-refractivity contribution in [2.45, 2.75) is 39.3 Å². The molecule has 1 saturated carbocycles. The van der Waals surface area contributed by atoms with Crippen LogP contribution in [-0.2, 0) is 11.3 Å². The van der Waals surface area contributed by atoms with Crippen molar-refractivity contribution in [1.29, 1.82) is 0 Å².